The van der Waals surface area contributed by atoms with E-state index in [2.05, 4.69) is 26.6 Å². The monoisotopic (exact) mass is 380 g/mol. The Morgan fingerprint density at radius 3 is 2.73 bits per heavy atom. The summed E-state index contributed by atoms with van der Waals surface area (Å²) in [6, 6.07) is 11.6. The van der Waals surface area contributed by atoms with E-state index in [1.807, 2.05) is 6.07 Å². The van der Waals surface area contributed by atoms with Gasteiger partial charge in [0.1, 0.15) is 11.5 Å². The number of hydrogen-bond donors (Lipinski definition) is 3. The number of halogens is 1. The fourth-order valence-corrected chi connectivity index (χ4v) is 2.30. The van der Waals surface area contributed by atoms with Gasteiger partial charge in [0.25, 0.3) is 5.91 Å². The highest BCUT2D eigenvalue weighted by atomic mass is 79.9. The first-order chi connectivity index (χ1) is 10.5. The summed E-state index contributed by atoms with van der Waals surface area (Å²) in [6.45, 7) is 0. The SMILES string of the molecule is COc1ccc(O)c(NC(=S)NC(=O)c2cccc(Br)c2)c1. The fourth-order valence-electron chi connectivity index (χ4n) is 1.70. The molecule has 0 aliphatic carbocycles. The van der Waals surface area contributed by atoms with Crippen LogP contribution in [0.3, 0.4) is 0 Å². The van der Waals surface area contributed by atoms with Crippen molar-refractivity contribution >= 4 is 44.9 Å². The van der Waals surface area contributed by atoms with E-state index in [1.54, 1.807) is 30.3 Å². The van der Waals surface area contributed by atoms with Gasteiger partial charge in [-0.2, -0.15) is 0 Å². The number of rotatable bonds is 3. The normalized spacial score (nSPS) is 9.91. The molecule has 0 bridgehead atoms. The molecule has 7 heteroatoms. The van der Waals surface area contributed by atoms with Crippen molar-refractivity contribution in [3.63, 3.8) is 0 Å². The van der Waals surface area contributed by atoms with Crippen molar-refractivity contribution in [2.75, 3.05) is 12.4 Å². The molecule has 114 valence electrons. The van der Waals surface area contributed by atoms with Crippen molar-refractivity contribution in [2.24, 2.45) is 0 Å². The second kappa shape index (κ2) is 7.24. The Kier molecular flexibility index (Phi) is 5.35. The maximum absolute atomic E-state index is 12.1. The third kappa shape index (κ3) is 4.19. The van der Waals surface area contributed by atoms with E-state index in [4.69, 9.17) is 17.0 Å². The van der Waals surface area contributed by atoms with Crippen LogP contribution in [0.4, 0.5) is 5.69 Å². The van der Waals surface area contributed by atoms with Crippen molar-refractivity contribution in [3.8, 4) is 11.5 Å². The topological polar surface area (TPSA) is 70.6 Å². The maximum atomic E-state index is 12.1. The van der Waals surface area contributed by atoms with E-state index in [1.165, 1.54) is 13.2 Å². The van der Waals surface area contributed by atoms with Crippen LogP contribution in [0.15, 0.2) is 46.9 Å². The van der Waals surface area contributed by atoms with Gasteiger partial charge in [0.15, 0.2) is 5.11 Å². The molecule has 3 N–H and O–H groups in total. The second-order valence-electron chi connectivity index (χ2n) is 4.30. The maximum Gasteiger partial charge on any atom is 0.257 e. The summed E-state index contributed by atoms with van der Waals surface area (Å²) >= 11 is 8.38. The molecular weight excluding hydrogens is 368 g/mol. The number of hydrogen-bond acceptors (Lipinski definition) is 4. The van der Waals surface area contributed by atoms with E-state index in [9.17, 15) is 9.90 Å². The highest BCUT2D eigenvalue weighted by Crippen LogP contribution is 2.27. The van der Waals surface area contributed by atoms with E-state index in [0.29, 0.717) is 17.0 Å². The van der Waals surface area contributed by atoms with Gasteiger partial charge in [-0.1, -0.05) is 22.0 Å². The Morgan fingerprint density at radius 2 is 2.05 bits per heavy atom. The zero-order chi connectivity index (χ0) is 16.1. The van der Waals surface area contributed by atoms with E-state index in [0.717, 1.165) is 4.47 Å². The predicted octanol–water partition coefficient (Wildman–Crippen LogP) is 3.29. The van der Waals surface area contributed by atoms with Crippen molar-refractivity contribution < 1.29 is 14.6 Å². The minimum Gasteiger partial charge on any atom is -0.506 e. The summed E-state index contributed by atoms with van der Waals surface area (Å²) in [5.74, 6) is 0.211. The number of carbonyl (C=O) groups is 1. The van der Waals surface area contributed by atoms with Crippen LogP contribution < -0.4 is 15.4 Å². The summed E-state index contributed by atoms with van der Waals surface area (Å²) < 4.78 is 5.86. The number of phenolic OH excluding ortho intramolecular Hbond substituents is 1. The van der Waals surface area contributed by atoms with Gasteiger partial charge in [0, 0.05) is 16.1 Å². The Balaban J connectivity index is 2.05. The molecule has 0 radical (unpaired) electrons. The number of benzene rings is 2. The second-order valence-corrected chi connectivity index (χ2v) is 5.63. The van der Waals surface area contributed by atoms with Gasteiger partial charge in [-0.3, -0.25) is 10.1 Å². The van der Waals surface area contributed by atoms with Crippen LogP contribution in [0.1, 0.15) is 10.4 Å². The molecule has 0 saturated heterocycles. The van der Waals surface area contributed by atoms with Crippen molar-refractivity contribution in [1.82, 2.24) is 5.32 Å². The summed E-state index contributed by atoms with van der Waals surface area (Å²) in [5, 5.41) is 15.2. The Morgan fingerprint density at radius 1 is 1.27 bits per heavy atom. The number of thiocarbonyl (C=S) groups is 1. The van der Waals surface area contributed by atoms with Gasteiger partial charge in [0.2, 0.25) is 0 Å². The Labute approximate surface area is 141 Å². The molecule has 0 aliphatic rings. The van der Waals surface area contributed by atoms with Crippen molar-refractivity contribution in [2.45, 2.75) is 0 Å². The molecule has 0 spiro atoms. The highest BCUT2D eigenvalue weighted by molar-refractivity contribution is 9.10. The average Bonchev–Trinajstić information content (AvgIpc) is 2.49. The first-order valence-corrected chi connectivity index (χ1v) is 7.44. The fraction of sp³-hybridized carbons (Fsp3) is 0.0667. The summed E-state index contributed by atoms with van der Waals surface area (Å²) in [6.07, 6.45) is 0. The number of amides is 1. The average molecular weight is 381 g/mol. The molecule has 1 amide bonds. The summed E-state index contributed by atoms with van der Waals surface area (Å²) in [7, 11) is 1.52. The van der Waals surface area contributed by atoms with Crippen molar-refractivity contribution in [1.29, 1.82) is 0 Å². The van der Waals surface area contributed by atoms with Crippen LogP contribution >= 0.6 is 28.1 Å². The standard InChI is InChI=1S/C15H13BrN2O3S/c1-21-11-5-6-13(19)12(8-11)17-15(22)18-14(20)9-3-2-4-10(16)7-9/h2-8,19H,1H3,(H2,17,18,20,22). The molecule has 0 saturated carbocycles. The first-order valence-electron chi connectivity index (χ1n) is 6.24. The van der Waals surface area contributed by atoms with Gasteiger partial charge in [-0.05, 0) is 42.5 Å². The Bertz CT molecular complexity index is 722. The first kappa shape index (κ1) is 16.3. The van der Waals surface area contributed by atoms with Gasteiger partial charge in [-0.15, -0.1) is 0 Å². The lowest BCUT2D eigenvalue weighted by atomic mass is 10.2. The van der Waals surface area contributed by atoms with Crippen LogP contribution in [0.2, 0.25) is 0 Å². The largest absolute Gasteiger partial charge is 0.506 e. The molecule has 0 aromatic heterocycles. The van der Waals surface area contributed by atoms with Crippen LogP contribution in [-0.4, -0.2) is 23.2 Å². The van der Waals surface area contributed by atoms with Crippen LogP contribution in [0.25, 0.3) is 0 Å². The molecule has 2 aromatic rings. The van der Waals surface area contributed by atoms with E-state index in [-0.39, 0.29) is 16.8 Å². The number of anilines is 1. The van der Waals surface area contributed by atoms with E-state index < -0.39 is 0 Å². The van der Waals surface area contributed by atoms with Crippen LogP contribution in [-0.2, 0) is 0 Å². The zero-order valence-corrected chi connectivity index (χ0v) is 14.0. The zero-order valence-electron chi connectivity index (χ0n) is 11.6. The Hall–Kier alpha value is -2.12. The molecule has 0 aliphatic heterocycles. The van der Waals surface area contributed by atoms with Gasteiger partial charge in [0.05, 0.1) is 12.8 Å². The molecule has 2 rings (SSSR count). The van der Waals surface area contributed by atoms with Gasteiger partial charge < -0.3 is 15.2 Å². The number of ether oxygens (including phenoxy) is 1. The quantitative estimate of drug-likeness (QED) is 0.562. The van der Waals surface area contributed by atoms with Crippen LogP contribution in [0, 0.1) is 0 Å². The lowest BCUT2D eigenvalue weighted by Crippen LogP contribution is -2.34. The molecule has 0 fully saturated rings. The lowest BCUT2D eigenvalue weighted by molar-refractivity contribution is 0.0977. The molecule has 0 atom stereocenters. The molecular formula is C15H13BrN2O3S. The molecule has 22 heavy (non-hydrogen) atoms. The third-order valence-corrected chi connectivity index (χ3v) is 3.46. The lowest BCUT2D eigenvalue weighted by Gasteiger charge is -2.12. The molecule has 0 heterocycles. The number of methoxy groups -OCH3 is 1. The minimum absolute atomic E-state index is 0.000135. The molecule has 2 aromatic carbocycles. The highest BCUT2D eigenvalue weighted by Gasteiger charge is 2.10. The number of nitrogens with one attached hydrogen (secondary N) is 2. The predicted molar refractivity (Wildman–Crippen MR) is 92.5 cm³/mol. The van der Waals surface area contributed by atoms with Gasteiger partial charge in [-0.25, -0.2) is 0 Å². The minimum atomic E-state index is -0.346. The smallest absolute Gasteiger partial charge is 0.257 e. The summed E-state index contributed by atoms with van der Waals surface area (Å²) in [4.78, 5) is 12.1. The number of phenols is 1. The van der Waals surface area contributed by atoms with Crippen molar-refractivity contribution in [3.05, 3.63) is 52.5 Å². The van der Waals surface area contributed by atoms with Gasteiger partial charge >= 0.3 is 0 Å². The van der Waals surface area contributed by atoms with Crippen LogP contribution in [0.5, 0.6) is 11.5 Å². The summed E-state index contributed by atoms with van der Waals surface area (Å²) in [5.41, 5.74) is 0.812. The third-order valence-electron chi connectivity index (χ3n) is 2.77. The molecule has 5 nitrogen and oxygen atoms in total. The number of aromatic hydroxyl groups is 1. The van der Waals surface area contributed by atoms with E-state index >= 15 is 0 Å². The number of carbonyl (C=O) groups excluding carboxylic acids is 1. The molecule has 0 unspecified atom stereocenters.